The molecule has 1 saturated heterocycles. The highest BCUT2D eigenvalue weighted by Crippen LogP contribution is 2.32. The van der Waals surface area contributed by atoms with Gasteiger partial charge in [-0.1, -0.05) is 5.57 Å². The van der Waals surface area contributed by atoms with E-state index in [1.54, 1.807) is 35.7 Å². The SMILES string of the molecule is Cc1nc(C)c(-c2csc(Nc3ccc(C(=O)N4CCC(=CC#N)CC4)cn3)n2)s1. The number of nitrogens with one attached hydrogen (secondary N) is 1. The van der Waals surface area contributed by atoms with Crippen LogP contribution in [0.3, 0.4) is 0 Å². The number of carbonyl (C=O) groups excluding carboxylic acids is 1. The molecule has 7 nitrogen and oxygen atoms in total. The fourth-order valence-corrected chi connectivity index (χ4v) is 4.99. The lowest BCUT2D eigenvalue weighted by Gasteiger charge is -2.28. The van der Waals surface area contributed by atoms with Crippen LogP contribution in [0.15, 0.2) is 35.4 Å². The summed E-state index contributed by atoms with van der Waals surface area (Å²) < 4.78 is 0. The van der Waals surface area contributed by atoms with Gasteiger partial charge in [0.15, 0.2) is 5.13 Å². The van der Waals surface area contributed by atoms with E-state index in [0.29, 0.717) is 24.5 Å². The number of amides is 1. The lowest BCUT2D eigenvalue weighted by atomic mass is 10.0. The van der Waals surface area contributed by atoms with Crippen molar-refractivity contribution < 1.29 is 4.79 Å². The highest BCUT2D eigenvalue weighted by molar-refractivity contribution is 7.16. The van der Waals surface area contributed by atoms with Crippen LogP contribution < -0.4 is 5.32 Å². The van der Waals surface area contributed by atoms with Crippen LogP contribution >= 0.6 is 22.7 Å². The van der Waals surface area contributed by atoms with Gasteiger partial charge in [-0.3, -0.25) is 4.79 Å². The van der Waals surface area contributed by atoms with Crippen molar-refractivity contribution in [2.45, 2.75) is 26.7 Å². The van der Waals surface area contributed by atoms with Gasteiger partial charge in [0.1, 0.15) is 5.82 Å². The number of hydrogen-bond donors (Lipinski definition) is 1. The van der Waals surface area contributed by atoms with Crippen LogP contribution in [-0.4, -0.2) is 38.8 Å². The lowest BCUT2D eigenvalue weighted by molar-refractivity contribution is 0.0743. The van der Waals surface area contributed by atoms with Gasteiger partial charge in [0, 0.05) is 30.7 Å². The molecule has 30 heavy (non-hydrogen) atoms. The first kappa shape index (κ1) is 20.2. The summed E-state index contributed by atoms with van der Waals surface area (Å²) in [5.41, 5.74) is 3.56. The molecule has 0 bridgehead atoms. The maximum absolute atomic E-state index is 12.7. The van der Waals surface area contributed by atoms with Crippen molar-refractivity contribution >= 4 is 39.5 Å². The van der Waals surface area contributed by atoms with E-state index < -0.39 is 0 Å². The topological polar surface area (TPSA) is 94.8 Å². The van der Waals surface area contributed by atoms with Gasteiger partial charge in [-0.05, 0) is 38.8 Å². The van der Waals surface area contributed by atoms with Gasteiger partial charge in [-0.15, -0.1) is 22.7 Å². The lowest BCUT2D eigenvalue weighted by Crippen LogP contribution is -2.36. The van der Waals surface area contributed by atoms with Gasteiger partial charge in [-0.2, -0.15) is 5.26 Å². The Morgan fingerprint density at radius 1 is 1.27 bits per heavy atom. The summed E-state index contributed by atoms with van der Waals surface area (Å²) in [6.45, 7) is 5.24. The zero-order valence-corrected chi connectivity index (χ0v) is 18.3. The third kappa shape index (κ3) is 4.40. The summed E-state index contributed by atoms with van der Waals surface area (Å²) in [6.07, 6.45) is 4.68. The molecule has 9 heteroatoms. The zero-order chi connectivity index (χ0) is 21.1. The summed E-state index contributed by atoms with van der Waals surface area (Å²) in [6, 6.07) is 5.64. The van der Waals surface area contributed by atoms with Gasteiger partial charge in [-0.25, -0.2) is 15.0 Å². The van der Waals surface area contributed by atoms with Gasteiger partial charge in [0.25, 0.3) is 5.91 Å². The molecule has 0 aliphatic carbocycles. The molecule has 0 saturated carbocycles. The number of anilines is 2. The van der Waals surface area contributed by atoms with Crippen molar-refractivity contribution in [1.29, 1.82) is 5.26 Å². The molecule has 1 aliphatic heterocycles. The van der Waals surface area contributed by atoms with Crippen molar-refractivity contribution in [1.82, 2.24) is 19.9 Å². The second-order valence-corrected chi connectivity index (χ2v) is 9.03. The van der Waals surface area contributed by atoms with Gasteiger partial charge in [0.2, 0.25) is 0 Å². The highest BCUT2D eigenvalue weighted by Gasteiger charge is 2.20. The monoisotopic (exact) mass is 436 g/mol. The quantitative estimate of drug-likeness (QED) is 0.595. The number of thiazole rings is 2. The number of aryl methyl sites for hydroxylation is 2. The number of carbonyl (C=O) groups is 1. The molecule has 0 unspecified atom stereocenters. The second-order valence-electron chi connectivity index (χ2n) is 6.97. The van der Waals surface area contributed by atoms with E-state index in [1.165, 1.54) is 11.3 Å². The highest BCUT2D eigenvalue weighted by atomic mass is 32.1. The average Bonchev–Trinajstić information content (AvgIpc) is 3.34. The standard InChI is InChI=1S/C21H20N6OS2/c1-13-19(30-14(2)24-13)17-12-29-21(25-17)26-18-4-3-16(11-23-18)20(28)27-9-6-15(5-8-22)7-10-27/h3-5,11-12H,6-7,9-10H2,1-2H3,(H,23,25,26). The Balaban J connectivity index is 1.40. The maximum Gasteiger partial charge on any atom is 0.255 e. The van der Waals surface area contributed by atoms with Crippen molar-refractivity contribution in [2.75, 3.05) is 18.4 Å². The van der Waals surface area contributed by atoms with E-state index in [9.17, 15) is 4.79 Å². The number of pyridine rings is 1. The molecule has 1 fully saturated rings. The van der Waals surface area contributed by atoms with Gasteiger partial charge >= 0.3 is 0 Å². The minimum Gasteiger partial charge on any atom is -0.338 e. The first-order valence-electron chi connectivity index (χ1n) is 9.53. The molecule has 4 rings (SSSR count). The Morgan fingerprint density at radius 2 is 2.07 bits per heavy atom. The molecular formula is C21H20N6OS2. The third-order valence-corrected chi connectivity index (χ3v) is 6.70. The molecule has 0 aromatic carbocycles. The largest absolute Gasteiger partial charge is 0.338 e. The number of piperidine rings is 1. The first-order valence-corrected chi connectivity index (χ1v) is 11.2. The normalized spacial score (nSPS) is 13.8. The van der Waals surface area contributed by atoms with E-state index in [2.05, 4.69) is 26.3 Å². The molecule has 1 N–H and O–H groups in total. The van der Waals surface area contributed by atoms with E-state index >= 15 is 0 Å². The van der Waals surface area contributed by atoms with Crippen LogP contribution in [0, 0.1) is 25.2 Å². The minimum absolute atomic E-state index is 0.0300. The Labute approximate surface area is 182 Å². The summed E-state index contributed by atoms with van der Waals surface area (Å²) in [5, 5.41) is 15.7. The molecule has 3 aromatic heterocycles. The van der Waals surface area contributed by atoms with Crippen molar-refractivity contribution in [3.8, 4) is 16.6 Å². The molecule has 0 radical (unpaired) electrons. The second kappa shape index (κ2) is 8.73. The smallest absolute Gasteiger partial charge is 0.255 e. The number of aromatic nitrogens is 3. The fourth-order valence-electron chi connectivity index (χ4n) is 3.32. The molecule has 1 aliphatic rings. The van der Waals surface area contributed by atoms with Crippen molar-refractivity contribution in [2.24, 2.45) is 0 Å². The Morgan fingerprint density at radius 3 is 2.70 bits per heavy atom. The molecule has 4 heterocycles. The predicted molar refractivity (Wildman–Crippen MR) is 119 cm³/mol. The molecule has 3 aromatic rings. The van der Waals surface area contributed by atoms with Gasteiger partial charge in [0.05, 0.1) is 32.9 Å². The Kier molecular flexibility index (Phi) is 5.88. The Hall–Kier alpha value is -3.09. The number of rotatable bonds is 4. The fraction of sp³-hybridized carbons (Fsp3) is 0.286. The van der Waals surface area contributed by atoms with E-state index in [4.69, 9.17) is 5.26 Å². The van der Waals surface area contributed by atoms with E-state index in [-0.39, 0.29) is 5.91 Å². The van der Waals surface area contributed by atoms with Crippen molar-refractivity contribution in [3.63, 3.8) is 0 Å². The van der Waals surface area contributed by atoms with Crippen LogP contribution in [0.25, 0.3) is 10.6 Å². The number of nitriles is 1. The van der Waals surface area contributed by atoms with Crippen LogP contribution in [0.5, 0.6) is 0 Å². The summed E-state index contributed by atoms with van der Waals surface area (Å²) in [5.74, 6) is 0.611. The third-order valence-electron chi connectivity index (χ3n) is 4.85. The zero-order valence-electron chi connectivity index (χ0n) is 16.7. The Bertz CT molecular complexity index is 1130. The summed E-state index contributed by atoms with van der Waals surface area (Å²) in [4.78, 5) is 29.1. The minimum atomic E-state index is -0.0300. The average molecular weight is 437 g/mol. The number of likely N-dealkylation sites (tertiary alicyclic amines) is 1. The van der Waals surface area contributed by atoms with E-state index in [0.717, 1.165) is 44.8 Å². The number of hydrogen-bond acceptors (Lipinski definition) is 8. The molecule has 0 spiro atoms. The number of nitrogens with zero attached hydrogens (tertiary/aromatic N) is 5. The molecule has 0 atom stereocenters. The first-order chi connectivity index (χ1) is 14.5. The van der Waals surface area contributed by atoms with Crippen LogP contribution in [-0.2, 0) is 0 Å². The van der Waals surface area contributed by atoms with Gasteiger partial charge < -0.3 is 10.2 Å². The van der Waals surface area contributed by atoms with Crippen molar-refractivity contribution in [3.05, 3.63) is 51.6 Å². The molecule has 1 amide bonds. The maximum atomic E-state index is 12.7. The van der Waals surface area contributed by atoms with Crippen LogP contribution in [0.4, 0.5) is 10.9 Å². The molecular weight excluding hydrogens is 416 g/mol. The summed E-state index contributed by atoms with van der Waals surface area (Å²) >= 11 is 3.14. The van der Waals surface area contributed by atoms with Crippen LogP contribution in [0.2, 0.25) is 0 Å². The van der Waals surface area contributed by atoms with Crippen LogP contribution in [0.1, 0.15) is 33.9 Å². The predicted octanol–water partition coefficient (Wildman–Crippen LogP) is 4.71. The van der Waals surface area contributed by atoms with E-state index in [1.807, 2.05) is 24.1 Å². The summed E-state index contributed by atoms with van der Waals surface area (Å²) in [7, 11) is 0. The molecule has 152 valence electrons. The number of allylic oxidation sites excluding steroid dienone is 1.